The number of aromatic nitrogens is 1. The van der Waals surface area contributed by atoms with E-state index in [9.17, 15) is 9.59 Å². The fourth-order valence-corrected chi connectivity index (χ4v) is 3.72. The van der Waals surface area contributed by atoms with E-state index in [0.29, 0.717) is 31.0 Å². The molecule has 0 radical (unpaired) electrons. The molecule has 1 N–H and O–H groups in total. The van der Waals surface area contributed by atoms with Crippen LogP contribution in [0.25, 0.3) is 0 Å². The summed E-state index contributed by atoms with van der Waals surface area (Å²) in [4.78, 5) is 31.8. The summed E-state index contributed by atoms with van der Waals surface area (Å²) in [5, 5.41) is 2.97. The lowest BCUT2D eigenvalue weighted by Gasteiger charge is -2.34. The highest BCUT2D eigenvalue weighted by Crippen LogP contribution is 2.28. The maximum absolute atomic E-state index is 13.3. The van der Waals surface area contributed by atoms with Crippen molar-refractivity contribution in [2.75, 3.05) is 11.9 Å². The third-order valence-corrected chi connectivity index (χ3v) is 5.25. The van der Waals surface area contributed by atoms with E-state index in [1.165, 1.54) is 0 Å². The summed E-state index contributed by atoms with van der Waals surface area (Å²) in [5.74, 6) is 0.416. The normalized spacial score (nSPS) is 14.7. The van der Waals surface area contributed by atoms with Gasteiger partial charge in [-0.05, 0) is 42.7 Å². The first-order valence-electron chi connectivity index (χ1n) is 10.5. The zero-order valence-corrected chi connectivity index (χ0v) is 17.2. The number of nitrogens with one attached hydrogen (secondary N) is 1. The lowest BCUT2D eigenvalue weighted by Crippen LogP contribution is -2.43. The molecular formula is C25H25N3O3. The number of nitrogens with zero attached hydrogens (tertiary/aromatic N) is 2. The Morgan fingerprint density at radius 3 is 2.65 bits per heavy atom. The van der Waals surface area contributed by atoms with Gasteiger partial charge in [-0.15, -0.1) is 0 Å². The number of carbonyl (C=O) groups is 2. The van der Waals surface area contributed by atoms with E-state index in [1.807, 2.05) is 66.7 Å². The molecule has 2 aromatic carbocycles. The first kappa shape index (κ1) is 20.6. The van der Waals surface area contributed by atoms with E-state index in [0.717, 1.165) is 24.1 Å². The summed E-state index contributed by atoms with van der Waals surface area (Å²) in [7, 11) is 0. The largest absolute Gasteiger partial charge is 0.487 e. The second-order valence-corrected chi connectivity index (χ2v) is 7.48. The maximum Gasteiger partial charge on any atom is 0.251 e. The van der Waals surface area contributed by atoms with E-state index in [4.69, 9.17) is 4.74 Å². The standard InChI is InChI=1S/C25H25N3O3/c29-23-14-5-7-16-28(23)24(19-9-2-1-3-10-19)25(30)27-20-12-8-13-22(17-20)31-18-21-11-4-6-15-26-21/h1-4,6,8-13,15,17,24H,5,7,14,16,18H2,(H,27,30). The molecule has 0 saturated carbocycles. The van der Waals surface area contributed by atoms with E-state index < -0.39 is 6.04 Å². The molecule has 6 nitrogen and oxygen atoms in total. The van der Waals surface area contributed by atoms with Crippen LogP contribution in [0.15, 0.2) is 79.0 Å². The van der Waals surface area contributed by atoms with Crippen molar-refractivity contribution in [2.45, 2.75) is 31.9 Å². The Morgan fingerprint density at radius 1 is 1.03 bits per heavy atom. The second kappa shape index (κ2) is 9.89. The number of hydrogen-bond acceptors (Lipinski definition) is 4. The SMILES string of the molecule is O=C(Nc1cccc(OCc2ccccn2)c1)C(c1ccccc1)N1CCCCC1=O. The maximum atomic E-state index is 13.3. The average molecular weight is 415 g/mol. The van der Waals surface area contributed by atoms with Crippen molar-refractivity contribution < 1.29 is 14.3 Å². The van der Waals surface area contributed by atoms with Gasteiger partial charge in [-0.2, -0.15) is 0 Å². The Bertz CT molecular complexity index is 1020. The minimum absolute atomic E-state index is 0.0164. The van der Waals surface area contributed by atoms with Gasteiger partial charge < -0.3 is 15.0 Å². The molecule has 1 aromatic heterocycles. The van der Waals surface area contributed by atoms with Crippen molar-refractivity contribution in [1.29, 1.82) is 0 Å². The van der Waals surface area contributed by atoms with Gasteiger partial charge in [0.2, 0.25) is 5.91 Å². The summed E-state index contributed by atoms with van der Waals surface area (Å²) < 4.78 is 5.81. The number of anilines is 1. The molecule has 0 aliphatic carbocycles. The summed E-state index contributed by atoms with van der Waals surface area (Å²) >= 11 is 0. The molecule has 31 heavy (non-hydrogen) atoms. The lowest BCUT2D eigenvalue weighted by molar-refractivity contribution is -0.141. The third kappa shape index (κ3) is 5.28. The number of benzene rings is 2. The van der Waals surface area contributed by atoms with Crippen LogP contribution in [0.3, 0.4) is 0 Å². The summed E-state index contributed by atoms with van der Waals surface area (Å²) in [6.07, 6.45) is 3.97. The zero-order valence-electron chi connectivity index (χ0n) is 17.2. The van der Waals surface area contributed by atoms with Crippen LogP contribution in [0.5, 0.6) is 5.75 Å². The third-order valence-electron chi connectivity index (χ3n) is 5.25. The summed E-state index contributed by atoms with van der Waals surface area (Å²) in [6, 6.07) is 21.7. The number of rotatable bonds is 7. The molecule has 0 spiro atoms. The molecular weight excluding hydrogens is 390 g/mol. The highest BCUT2D eigenvalue weighted by molar-refractivity contribution is 5.98. The Morgan fingerprint density at radius 2 is 1.87 bits per heavy atom. The van der Waals surface area contributed by atoms with Crippen LogP contribution in [-0.4, -0.2) is 28.2 Å². The summed E-state index contributed by atoms with van der Waals surface area (Å²) in [6.45, 7) is 0.923. The van der Waals surface area contributed by atoms with Crippen LogP contribution in [0, 0.1) is 0 Å². The molecule has 2 heterocycles. The molecule has 1 aliphatic rings. The van der Waals surface area contributed by atoms with Gasteiger partial charge in [0.25, 0.3) is 5.91 Å². The Balaban J connectivity index is 1.50. The highest BCUT2D eigenvalue weighted by Gasteiger charge is 2.32. The second-order valence-electron chi connectivity index (χ2n) is 7.48. The minimum Gasteiger partial charge on any atom is -0.487 e. The van der Waals surface area contributed by atoms with Gasteiger partial charge in [0.15, 0.2) is 0 Å². The zero-order chi connectivity index (χ0) is 21.5. The Labute approximate surface area is 181 Å². The Hall–Kier alpha value is -3.67. The van der Waals surface area contributed by atoms with Crippen LogP contribution < -0.4 is 10.1 Å². The molecule has 1 aliphatic heterocycles. The number of amides is 2. The quantitative estimate of drug-likeness (QED) is 0.623. The molecule has 158 valence electrons. The number of hydrogen-bond donors (Lipinski definition) is 1. The molecule has 6 heteroatoms. The van der Waals surface area contributed by atoms with Crippen molar-refractivity contribution in [3.05, 3.63) is 90.3 Å². The van der Waals surface area contributed by atoms with Crippen LogP contribution >= 0.6 is 0 Å². The minimum atomic E-state index is -0.660. The van der Waals surface area contributed by atoms with Gasteiger partial charge in [0.05, 0.1) is 5.69 Å². The molecule has 1 fully saturated rings. The number of pyridine rings is 1. The van der Waals surface area contributed by atoms with Gasteiger partial charge in [-0.25, -0.2) is 0 Å². The van der Waals surface area contributed by atoms with E-state index >= 15 is 0 Å². The smallest absolute Gasteiger partial charge is 0.251 e. The average Bonchev–Trinajstić information content (AvgIpc) is 2.81. The summed E-state index contributed by atoms with van der Waals surface area (Å²) in [5.41, 5.74) is 2.25. The van der Waals surface area contributed by atoms with Crippen LogP contribution in [-0.2, 0) is 16.2 Å². The van der Waals surface area contributed by atoms with E-state index in [2.05, 4.69) is 10.3 Å². The van der Waals surface area contributed by atoms with E-state index in [-0.39, 0.29) is 11.8 Å². The Kier molecular flexibility index (Phi) is 6.57. The predicted octanol–water partition coefficient (Wildman–Crippen LogP) is 4.35. The van der Waals surface area contributed by atoms with Crippen LogP contribution in [0.2, 0.25) is 0 Å². The van der Waals surface area contributed by atoms with Crippen molar-refractivity contribution >= 4 is 17.5 Å². The molecule has 0 bridgehead atoms. The molecule has 1 saturated heterocycles. The van der Waals surface area contributed by atoms with Gasteiger partial charge in [-0.3, -0.25) is 14.6 Å². The van der Waals surface area contributed by atoms with E-state index in [1.54, 1.807) is 17.2 Å². The van der Waals surface area contributed by atoms with Crippen molar-refractivity contribution in [1.82, 2.24) is 9.88 Å². The van der Waals surface area contributed by atoms with Gasteiger partial charge in [0.1, 0.15) is 18.4 Å². The van der Waals surface area contributed by atoms with Crippen LogP contribution in [0.1, 0.15) is 36.6 Å². The molecule has 4 rings (SSSR count). The van der Waals surface area contributed by atoms with Crippen molar-refractivity contribution in [2.24, 2.45) is 0 Å². The lowest BCUT2D eigenvalue weighted by atomic mass is 10.0. The first-order chi connectivity index (χ1) is 15.2. The fourth-order valence-electron chi connectivity index (χ4n) is 3.72. The van der Waals surface area contributed by atoms with Gasteiger partial charge in [-0.1, -0.05) is 42.5 Å². The number of carbonyl (C=O) groups excluding carboxylic acids is 2. The molecule has 2 amide bonds. The van der Waals surface area contributed by atoms with Gasteiger partial charge >= 0.3 is 0 Å². The fraction of sp³-hybridized carbons (Fsp3) is 0.240. The number of ether oxygens (including phenoxy) is 1. The van der Waals surface area contributed by atoms with Gasteiger partial charge in [0, 0.05) is 30.9 Å². The molecule has 1 atom stereocenters. The van der Waals surface area contributed by atoms with Crippen LogP contribution in [0.4, 0.5) is 5.69 Å². The predicted molar refractivity (Wildman–Crippen MR) is 118 cm³/mol. The highest BCUT2D eigenvalue weighted by atomic mass is 16.5. The molecule has 1 unspecified atom stereocenters. The first-order valence-corrected chi connectivity index (χ1v) is 10.5. The van der Waals surface area contributed by atoms with Crippen molar-refractivity contribution in [3.8, 4) is 5.75 Å². The number of likely N-dealkylation sites (tertiary alicyclic amines) is 1. The molecule has 3 aromatic rings. The topological polar surface area (TPSA) is 71.5 Å². The number of piperidine rings is 1. The van der Waals surface area contributed by atoms with Crippen molar-refractivity contribution in [3.63, 3.8) is 0 Å². The monoisotopic (exact) mass is 415 g/mol.